The quantitative estimate of drug-likeness (QED) is 0.906. The molecule has 2 aliphatic heterocycles. The summed E-state index contributed by atoms with van der Waals surface area (Å²) in [6, 6.07) is 0. The van der Waals surface area contributed by atoms with Crippen LogP contribution < -0.4 is 5.32 Å². The Morgan fingerprint density at radius 2 is 2.17 bits per heavy atom. The van der Waals surface area contributed by atoms with Gasteiger partial charge in [-0.15, -0.1) is 23.7 Å². The average Bonchev–Trinajstić information content (AvgIpc) is 2.90. The summed E-state index contributed by atoms with van der Waals surface area (Å²) in [6.07, 6.45) is 4.13. The molecule has 2 aliphatic rings. The highest BCUT2D eigenvalue weighted by Gasteiger charge is 2.38. The number of aromatic nitrogens is 1. The van der Waals surface area contributed by atoms with E-state index in [4.69, 9.17) is 0 Å². The average molecular weight is 288 g/mol. The summed E-state index contributed by atoms with van der Waals surface area (Å²) in [7, 11) is 0. The van der Waals surface area contributed by atoms with Crippen molar-refractivity contribution in [2.24, 2.45) is 5.41 Å². The van der Waals surface area contributed by atoms with Crippen LogP contribution in [0.3, 0.4) is 0 Å². The summed E-state index contributed by atoms with van der Waals surface area (Å²) >= 11 is 1.81. The van der Waals surface area contributed by atoms with Crippen LogP contribution in [0.5, 0.6) is 0 Å². The maximum absolute atomic E-state index is 4.34. The van der Waals surface area contributed by atoms with E-state index in [0.717, 1.165) is 6.54 Å². The van der Waals surface area contributed by atoms with Crippen LogP contribution in [0.2, 0.25) is 0 Å². The molecule has 0 saturated carbocycles. The van der Waals surface area contributed by atoms with Gasteiger partial charge in [-0.05, 0) is 51.2 Å². The van der Waals surface area contributed by atoms with E-state index in [-0.39, 0.29) is 12.4 Å². The van der Waals surface area contributed by atoms with Crippen LogP contribution in [0, 0.1) is 12.3 Å². The van der Waals surface area contributed by atoms with E-state index in [1.165, 1.54) is 56.0 Å². The molecule has 0 aliphatic carbocycles. The number of hydrogen-bond donors (Lipinski definition) is 1. The second-order valence-electron chi connectivity index (χ2n) is 5.57. The molecule has 0 aromatic carbocycles. The molecule has 18 heavy (non-hydrogen) atoms. The van der Waals surface area contributed by atoms with Crippen molar-refractivity contribution < 1.29 is 0 Å². The van der Waals surface area contributed by atoms with E-state index >= 15 is 0 Å². The number of hydrogen-bond acceptors (Lipinski definition) is 4. The van der Waals surface area contributed by atoms with Crippen molar-refractivity contribution in [3.8, 4) is 0 Å². The Balaban J connectivity index is 0.00000120. The van der Waals surface area contributed by atoms with Gasteiger partial charge in [0, 0.05) is 18.0 Å². The first kappa shape index (κ1) is 14.3. The highest BCUT2D eigenvalue weighted by Crippen LogP contribution is 2.39. The first-order valence-corrected chi connectivity index (χ1v) is 7.47. The number of aryl methyl sites for hydroxylation is 1. The zero-order valence-corrected chi connectivity index (χ0v) is 12.6. The molecule has 3 heterocycles. The second kappa shape index (κ2) is 5.87. The lowest BCUT2D eigenvalue weighted by Crippen LogP contribution is -2.38. The molecule has 1 spiro atoms. The molecule has 0 unspecified atom stereocenters. The summed E-state index contributed by atoms with van der Waals surface area (Å²) in [6.45, 7) is 8.25. The van der Waals surface area contributed by atoms with Gasteiger partial charge in [-0.25, -0.2) is 4.98 Å². The maximum Gasteiger partial charge on any atom is 0.0798 e. The predicted octanol–water partition coefficient (Wildman–Crippen LogP) is 2.45. The van der Waals surface area contributed by atoms with Crippen molar-refractivity contribution in [3.05, 3.63) is 16.1 Å². The number of rotatable bonds is 2. The van der Waals surface area contributed by atoms with E-state index in [2.05, 4.69) is 22.1 Å². The fourth-order valence-corrected chi connectivity index (χ4v) is 4.03. The van der Waals surface area contributed by atoms with E-state index in [0.29, 0.717) is 5.41 Å². The Bertz CT molecular complexity index is 387. The van der Waals surface area contributed by atoms with E-state index in [9.17, 15) is 0 Å². The van der Waals surface area contributed by atoms with Crippen LogP contribution in [-0.4, -0.2) is 36.1 Å². The summed E-state index contributed by atoms with van der Waals surface area (Å²) in [5, 5.41) is 3.48. The summed E-state index contributed by atoms with van der Waals surface area (Å²) < 4.78 is 0. The number of thiazole rings is 1. The van der Waals surface area contributed by atoms with Crippen LogP contribution in [0.25, 0.3) is 0 Å². The molecule has 0 radical (unpaired) electrons. The van der Waals surface area contributed by atoms with Gasteiger partial charge in [-0.3, -0.25) is 4.90 Å². The molecule has 2 fully saturated rings. The molecule has 3 rings (SSSR count). The van der Waals surface area contributed by atoms with Crippen molar-refractivity contribution in [1.29, 1.82) is 0 Å². The predicted molar refractivity (Wildman–Crippen MR) is 78.5 cm³/mol. The fourth-order valence-electron chi connectivity index (χ4n) is 3.21. The summed E-state index contributed by atoms with van der Waals surface area (Å²) in [5.74, 6) is 0. The van der Waals surface area contributed by atoms with Gasteiger partial charge in [0.2, 0.25) is 0 Å². The van der Waals surface area contributed by atoms with Crippen molar-refractivity contribution in [2.45, 2.75) is 32.7 Å². The van der Waals surface area contributed by atoms with Gasteiger partial charge in [0.1, 0.15) is 0 Å². The molecule has 2 saturated heterocycles. The zero-order chi connectivity index (χ0) is 11.7. The van der Waals surface area contributed by atoms with Crippen molar-refractivity contribution in [3.63, 3.8) is 0 Å². The Hall–Kier alpha value is -0.160. The number of nitrogens with zero attached hydrogens (tertiary/aromatic N) is 2. The Kier molecular flexibility index (Phi) is 4.64. The molecular formula is C13H22ClN3S. The number of nitrogens with one attached hydrogen (secondary N) is 1. The Morgan fingerprint density at radius 1 is 1.39 bits per heavy atom. The number of piperidine rings is 1. The van der Waals surface area contributed by atoms with E-state index < -0.39 is 0 Å². The molecule has 0 atom stereocenters. The van der Waals surface area contributed by atoms with Crippen molar-refractivity contribution >= 4 is 23.7 Å². The van der Waals surface area contributed by atoms with Gasteiger partial charge >= 0.3 is 0 Å². The minimum Gasteiger partial charge on any atom is -0.317 e. The molecular weight excluding hydrogens is 266 g/mol. The third-order valence-corrected chi connectivity index (χ3v) is 5.31. The van der Waals surface area contributed by atoms with Crippen LogP contribution in [-0.2, 0) is 6.54 Å². The Labute approximate surface area is 119 Å². The Morgan fingerprint density at radius 3 is 2.83 bits per heavy atom. The van der Waals surface area contributed by atoms with Crippen molar-refractivity contribution in [2.75, 3.05) is 26.2 Å². The number of likely N-dealkylation sites (tertiary alicyclic amines) is 1. The third-order valence-electron chi connectivity index (χ3n) is 4.39. The van der Waals surface area contributed by atoms with E-state index in [1.807, 2.05) is 5.51 Å². The van der Waals surface area contributed by atoms with Crippen LogP contribution in [0.4, 0.5) is 0 Å². The van der Waals surface area contributed by atoms with E-state index in [1.54, 1.807) is 11.3 Å². The normalized spacial score (nSPS) is 23.2. The largest absolute Gasteiger partial charge is 0.317 e. The van der Waals surface area contributed by atoms with Gasteiger partial charge in [0.15, 0.2) is 0 Å². The lowest BCUT2D eigenvalue weighted by atomic mass is 9.78. The molecule has 5 heteroatoms. The summed E-state index contributed by atoms with van der Waals surface area (Å²) in [5.41, 5.74) is 3.83. The first-order valence-electron chi connectivity index (χ1n) is 6.60. The topological polar surface area (TPSA) is 28.2 Å². The molecule has 0 bridgehead atoms. The SMILES string of the molecule is Cc1ncsc1CN1CCC2(CCNCC2)C1.Cl. The van der Waals surface area contributed by atoms with Gasteiger partial charge < -0.3 is 5.32 Å². The van der Waals surface area contributed by atoms with Gasteiger partial charge in [-0.2, -0.15) is 0 Å². The molecule has 1 aromatic heterocycles. The minimum absolute atomic E-state index is 0. The highest BCUT2D eigenvalue weighted by molar-refractivity contribution is 7.09. The van der Waals surface area contributed by atoms with Crippen LogP contribution in [0.1, 0.15) is 29.8 Å². The third kappa shape index (κ3) is 2.87. The molecule has 102 valence electrons. The first-order chi connectivity index (χ1) is 8.27. The van der Waals surface area contributed by atoms with Crippen molar-refractivity contribution in [1.82, 2.24) is 15.2 Å². The van der Waals surface area contributed by atoms with Crippen LogP contribution >= 0.6 is 23.7 Å². The maximum atomic E-state index is 4.34. The number of halogens is 1. The van der Waals surface area contributed by atoms with Crippen LogP contribution in [0.15, 0.2) is 5.51 Å². The second-order valence-corrected chi connectivity index (χ2v) is 6.51. The summed E-state index contributed by atoms with van der Waals surface area (Å²) in [4.78, 5) is 8.43. The highest BCUT2D eigenvalue weighted by atomic mass is 35.5. The molecule has 1 N–H and O–H groups in total. The molecule has 1 aromatic rings. The van der Waals surface area contributed by atoms with Gasteiger partial charge in [0.05, 0.1) is 11.2 Å². The minimum atomic E-state index is 0. The standard InChI is InChI=1S/C13H21N3S.ClH/c1-11-12(17-10-15-11)8-16-7-4-13(9-16)2-5-14-6-3-13;/h10,14H,2-9H2,1H3;1H. The van der Waals surface area contributed by atoms with Gasteiger partial charge in [-0.1, -0.05) is 0 Å². The molecule has 0 amide bonds. The monoisotopic (exact) mass is 287 g/mol. The molecule has 3 nitrogen and oxygen atoms in total. The fraction of sp³-hybridized carbons (Fsp3) is 0.769. The lowest BCUT2D eigenvalue weighted by Gasteiger charge is -2.33. The van der Waals surface area contributed by atoms with Gasteiger partial charge in [0.25, 0.3) is 0 Å². The smallest absolute Gasteiger partial charge is 0.0798 e. The lowest BCUT2D eigenvalue weighted by molar-refractivity contribution is 0.194. The zero-order valence-electron chi connectivity index (χ0n) is 10.9.